The number of nitrogens with zero attached hydrogens (tertiary/aromatic N) is 1. The van der Waals surface area contributed by atoms with Crippen molar-refractivity contribution in [2.45, 2.75) is 44.9 Å². The van der Waals surface area contributed by atoms with E-state index in [0.29, 0.717) is 32.5 Å². The standard InChI is InChI=1S/C13H22N2O2/c16-12-7-9-15(10-8-14-12)13(17)6-5-11-3-1-2-4-11/h11H,1-10H2,(H,14,16). The Balaban J connectivity index is 1.72. The number of carbonyl (C=O) groups is 2. The second-order valence-electron chi connectivity index (χ2n) is 5.17. The van der Waals surface area contributed by atoms with Gasteiger partial charge in [0.05, 0.1) is 0 Å². The van der Waals surface area contributed by atoms with Gasteiger partial charge >= 0.3 is 0 Å². The van der Waals surface area contributed by atoms with Gasteiger partial charge in [-0.15, -0.1) is 0 Å². The van der Waals surface area contributed by atoms with E-state index in [1.165, 1.54) is 25.7 Å². The summed E-state index contributed by atoms with van der Waals surface area (Å²) in [6.07, 6.45) is 7.42. The van der Waals surface area contributed by atoms with Crippen molar-refractivity contribution in [3.63, 3.8) is 0 Å². The molecule has 1 saturated carbocycles. The van der Waals surface area contributed by atoms with E-state index in [9.17, 15) is 9.59 Å². The summed E-state index contributed by atoms with van der Waals surface area (Å²) in [6.45, 7) is 1.87. The average Bonchev–Trinajstić information content (AvgIpc) is 2.74. The van der Waals surface area contributed by atoms with Crippen molar-refractivity contribution in [1.82, 2.24) is 10.2 Å². The first-order valence-electron chi connectivity index (χ1n) is 6.80. The van der Waals surface area contributed by atoms with Crippen LogP contribution in [-0.2, 0) is 9.59 Å². The molecule has 0 radical (unpaired) electrons. The Morgan fingerprint density at radius 3 is 2.82 bits per heavy atom. The van der Waals surface area contributed by atoms with Gasteiger partial charge in [-0.25, -0.2) is 0 Å². The Morgan fingerprint density at radius 1 is 1.29 bits per heavy atom. The van der Waals surface area contributed by atoms with Crippen LogP contribution in [-0.4, -0.2) is 36.3 Å². The normalized spacial score (nSPS) is 22.4. The minimum Gasteiger partial charge on any atom is -0.354 e. The highest BCUT2D eigenvalue weighted by Crippen LogP contribution is 2.28. The van der Waals surface area contributed by atoms with E-state index in [1.807, 2.05) is 4.90 Å². The van der Waals surface area contributed by atoms with Gasteiger partial charge in [0.15, 0.2) is 0 Å². The van der Waals surface area contributed by atoms with Crippen molar-refractivity contribution >= 4 is 11.8 Å². The van der Waals surface area contributed by atoms with Crippen LogP contribution in [0.5, 0.6) is 0 Å². The van der Waals surface area contributed by atoms with Gasteiger partial charge in [0, 0.05) is 32.5 Å². The summed E-state index contributed by atoms with van der Waals surface area (Å²) in [5, 5.41) is 2.79. The Morgan fingerprint density at radius 2 is 2.06 bits per heavy atom. The molecular weight excluding hydrogens is 216 g/mol. The van der Waals surface area contributed by atoms with Gasteiger partial charge in [-0.2, -0.15) is 0 Å². The fourth-order valence-corrected chi connectivity index (χ4v) is 2.80. The lowest BCUT2D eigenvalue weighted by atomic mass is 10.0. The second kappa shape index (κ2) is 6.03. The monoisotopic (exact) mass is 238 g/mol. The molecule has 2 fully saturated rings. The maximum atomic E-state index is 12.0. The fourth-order valence-electron chi connectivity index (χ4n) is 2.80. The van der Waals surface area contributed by atoms with E-state index < -0.39 is 0 Å². The Hall–Kier alpha value is -1.06. The zero-order chi connectivity index (χ0) is 12.1. The second-order valence-corrected chi connectivity index (χ2v) is 5.17. The van der Waals surface area contributed by atoms with E-state index in [2.05, 4.69) is 5.32 Å². The summed E-state index contributed by atoms with van der Waals surface area (Å²) in [7, 11) is 0. The van der Waals surface area contributed by atoms with E-state index in [0.717, 1.165) is 12.3 Å². The summed E-state index contributed by atoms with van der Waals surface area (Å²) < 4.78 is 0. The third kappa shape index (κ3) is 3.72. The molecule has 4 nitrogen and oxygen atoms in total. The molecule has 1 heterocycles. The average molecular weight is 238 g/mol. The largest absolute Gasteiger partial charge is 0.354 e. The van der Waals surface area contributed by atoms with Crippen molar-refractivity contribution in [2.75, 3.05) is 19.6 Å². The number of carbonyl (C=O) groups excluding carboxylic acids is 2. The summed E-state index contributed by atoms with van der Waals surface area (Å²) in [4.78, 5) is 25.0. The molecule has 96 valence electrons. The van der Waals surface area contributed by atoms with Crippen molar-refractivity contribution in [2.24, 2.45) is 5.92 Å². The SMILES string of the molecule is O=C1CCN(C(=O)CCC2CCCC2)CCN1. The lowest BCUT2D eigenvalue weighted by Gasteiger charge is -2.20. The zero-order valence-corrected chi connectivity index (χ0v) is 10.4. The van der Waals surface area contributed by atoms with E-state index in [1.54, 1.807) is 0 Å². The predicted molar refractivity (Wildman–Crippen MR) is 65.4 cm³/mol. The van der Waals surface area contributed by atoms with Crippen LogP contribution in [0.2, 0.25) is 0 Å². The molecule has 1 aliphatic heterocycles. The quantitative estimate of drug-likeness (QED) is 0.806. The molecule has 1 N–H and O–H groups in total. The number of rotatable bonds is 3. The number of amides is 2. The molecular formula is C13H22N2O2. The maximum Gasteiger partial charge on any atom is 0.222 e. The third-order valence-electron chi connectivity index (χ3n) is 3.91. The van der Waals surface area contributed by atoms with Crippen molar-refractivity contribution in [1.29, 1.82) is 0 Å². The Bertz CT molecular complexity index is 285. The third-order valence-corrected chi connectivity index (χ3v) is 3.91. The number of hydrogen-bond donors (Lipinski definition) is 1. The lowest BCUT2D eigenvalue weighted by molar-refractivity contribution is -0.131. The maximum absolute atomic E-state index is 12.0. The molecule has 2 rings (SSSR count). The summed E-state index contributed by atoms with van der Waals surface area (Å²) in [5.74, 6) is 1.06. The van der Waals surface area contributed by atoms with Crippen molar-refractivity contribution in [3.8, 4) is 0 Å². The van der Waals surface area contributed by atoms with E-state index >= 15 is 0 Å². The first kappa shape index (κ1) is 12.4. The lowest BCUT2D eigenvalue weighted by Crippen LogP contribution is -2.34. The summed E-state index contributed by atoms with van der Waals surface area (Å²) >= 11 is 0. The molecule has 0 aromatic heterocycles. The van der Waals surface area contributed by atoms with Gasteiger partial charge in [0.2, 0.25) is 11.8 Å². The first-order valence-corrected chi connectivity index (χ1v) is 6.80. The summed E-state index contributed by atoms with van der Waals surface area (Å²) in [6, 6.07) is 0. The van der Waals surface area contributed by atoms with E-state index in [-0.39, 0.29) is 11.8 Å². The Kier molecular flexibility index (Phi) is 4.40. The predicted octanol–water partition coefficient (Wildman–Crippen LogP) is 1.31. The van der Waals surface area contributed by atoms with Crippen molar-refractivity contribution in [3.05, 3.63) is 0 Å². The smallest absolute Gasteiger partial charge is 0.222 e. The van der Waals surface area contributed by atoms with Gasteiger partial charge in [0.25, 0.3) is 0 Å². The summed E-state index contributed by atoms with van der Waals surface area (Å²) in [5.41, 5.74) is 0. The van der Waals surface area contributed by atoms with Gasteiger partial charge in [0.1, 0.15) is 0 Å². The highest BCUT2D eigenvalue weighted by atomic mass is 16.2. The fraction of sp³-hybridized carbons (Fsp3) is 0.846. The van der Waals surface area contributed by atoms with Crippen LogP contribution in [0.1, 0.15) is 44.9 Å². The molecule has 4 heteroatoms. The molecule has 0 unspecified atom stereocenters. The molecule has 1 aliphatic carbocycles. The van der Waals surface area contributed by atoms with E-state index in [4.69, 9.17) is 0 Å². The van der Waals surface area contributed by atoms with Crippen LogP contribution in [0.3, 0.4) is 0 Å². The zero-order valence-electron chi connectivity index (χ0n) is 10.4. The molecule has 0 bridgehead atoms. The van der Waals surface area contributed by atoms with Gasteiger partial charge in [-0.05, 0) is 12.3 Å². The van der Waals surface area contributed by atoms with Crippen LogP contribution in [0, 0.1) is 5.92 Å². The molecule has 1 saturated heterocycles. The van der Waals surface area contributed by atoms with Crippen LogP contribution in [0.4, 0.5) is 0 Å². The highest BCUT2D eigenvalue weighted by molar-refractivity contribution is 5.80. The van der Waals surface area contributed by atoms with Crippen LogP contribution in [0.25, 0.3) is 0 Å². The molecule has 0 atom stereocenters. The van der Waals surface area contributed by atoms with Crippen LogP contribution in [0.15, 0.2) is 0 Å². The number of hydrogen-bond acceptors (Lipinski definition) is 2. The van der Waals surface area contributed by atoms with Gasteiger partial charge in [-0.1, -0.05) is 25.7 Å². The molecule has 0 aromatic carbocycles. The van der Waals surface area contributed by atoms with Crippen LogP contribution >= 0.6 is 0 Å². The molecule has 0 spiro atoms. The molecule has 2 amide bonds. The minimum absolute atomic E-state index is 0.0658. The molecule has 0 aromatic rings. The van der Waals surface area contributed by atoms with Crippen LogP contribution < -0.4 is 5.32 Å². The minimum atomic E-state index is 0.0658. The first-order chi connectivity index (χ1) is 8.25. The Labute approximate surface area is 103 Å². The van der Waals surface area contributed by atoms with Gasteiger partial charge < -0.3 is 10.2 Å². The van der Waals surface area contributed by atoms with Crippen molar-refractivity contribution < 1.29 is 9.59 Å². The topological polar surface area (TPSA) is 49.4 Å². The molecule has 17 heavy (non-hydrogen) atoms. The number of nitrogens with one attached hydrogen (secondary N) is 1. The van der Waals surface area contributed by atoms with Gasteiger partial charge in [-0.3, -0.25) is 9.59 Å². The molecule has 2 aliphatic rings. The highest BCUT2D eigenvalue weighted by Gasteiger charge is 2.20.